The second-order valence-corrected chi connectivity index (χ2v) is 8.19. The number of hydrogen-bond acceptors (Lipinski definition) is 4. The molecular weight excluding hydrogens is 496 g/mol. The molecule has 1 aliphatic rings. The van der Waals surface area contributed by atoms with Crippen LogP contribution in [-0.2, 0) is 16.2 Å². The Labute approximate surface area is 197 Å². The van der Waals surface area contributed by atoms with Crippen LogP contribution in [0.3, 0.4) is 0 Å². The maximum absolute atomic E-state index is 13.0. The van der Waals surface area contributed by atoms with E-state index in [1.165, 1.54) is 18.2 Å². The van der Waals surface area contributed by atoms with E-state index in [-0.39, 0.29) is 5.57 Å². The first kappa shape index (κ1) is 21.8. The average Bonchev–Trinajstić information content (AvgIpc) is 2.78. The number of imide groups is 2. The second kappa shape index (κ2) is 9.38. The summed E-state index contributed by atoms with van der Waals surface area (Å²) in [4.78, 5) is 38.5. The Morgan fingerprint density at radius 1 is 0.969 bits per heavy atom. The monoisotopic (exact) mass is 510 g/mol. The number of ether oxygens (including phenoxy) is 1. The summed E-state index contributed by atoms with van der Waals surface area (Å²) < 4.78 is 6.50. The summed E-state index contributed by atoms with van der Waals surface area (Å²) in [5, 5.41) is 2.66. The molecule has 0 radical (unpaired) electrons. The highest BCUT2D eigenvalue weighted by Gasteiger charge is 2.36. The number of amides is 4. The van der Waals surface area contributed by atoms with Crippen molar-refractivity contribution in [1.29, 1.82) is 0 Å². The van der Waals surface area contributed by atoms with Crippen molar-refractivity contribution in [1.82, 2.24) is 5.32 Å². The molecule has 4 rings (SSSR count). The first-order valence-electron chi connectivity index (χ1n) is 9.55. The molecule has 0 saturated carbocycles. The summed E-state index contributed by atoms with van der Waals surface area (Å²) in [5.41, 5.74) is 1.76. The summed E-state index contributed by atoms with van der Waals surface area (Å²) in [7, 11) is 0. The zero-order valence-corrected chi connectivity index (χ0v) is 18.9. The molecule has 1 fully saturated rings. The lowest BCUT2D eigenvalue weighted by Crippen LogP contribution is -2.54. The SMILES string of the molecule is O=C1NC(=O)N(c2ccc(Cl)cc2)C(=O)C1=Cc1ccc(OCc2ccccc2)c(Br)c1. The molecule has 4 amide bonds. The smallest absolute Gasteiger partial charge is 0.335 e. The van der Waals surface area contributed by atoms with Crippen molar-refractivity contribution in [2.75, 3.05) is 4.90 Å². The first-order valence-corrected chi connectivity index (χ1v) is 10.7. The highest BCUT2D eigenvalue weighted by atomic mass is 79.9. The van der Waals surface area contributed by atoms with Gasteiger partial charge in [-0.15, -0.1) is 0 Å². The summed E-state index contributed by atoms with van der Waals surface area (Å²) in [5.74, 6) is -0.860. The number of urea groups is 1. The molecule has 1 heterocycles. The lowest BCUT2D eigenvalue weighted by atomic mass is 10.1. The molecule has 160 valence electrons. The molecule has 0 aliphatic carbocycles. The molecule has 0 spiro atoms. The predicted molar refractivity (Wildman–Crippen MR) is 125 cm³/mol. The average molecular weight is 512 g/mol. The molecule has 0 atom stereocenters. The maximum Gasteiger partial charge on any atom is 0.335 e. The Kier molecular flexibility index (Phi) is 6.39. The Morgan fingerprint density at radius 3 is 2.38 bits per heavy atom. The lowest BCUT2D eigenvalue weighted by molar-refractivity contribution is -0.122. The van der Waals surface area contributed by atoms with Crippen molar-refractivity contribution >= 4 is 57.1 Å². The minimum atomic E-state index is -0.815. The Hall–Kier alpha value is -3.42. The molecule has 1 N–H and O–H groups in total. The lowest BCUT2D eigenvalue weighted by Gasteiger charge is -2.26. The molecule has 1 aliphatic heterocycles. The standard InChI is InChI=1S/C24H16BrClN2O4/c25-20-13-16(6-11-21(20)32-14-15-4-2-1-3-5-15)12-19-22(29)27-24(31)28(23(19)30)18-9-7-17(26)8-10-18/h1-13H,14H2,(H,27,29,31). The van der Waals surface area contributed by atoms with E-state index in [0.717, 1.165) is 10.5 Å². The van der Waals surface area contributed by atoms with Crippen molar-refractivity contribution < 1.29 is 19.1 Å². The van der Waals surface area contributed by atoms with Gasteiger partial charge in [-0.05, 0) is 69.5 Å². The number of nitrogens with one attached hydrogen (secondary N) is 1. The van der Waals surface area contributed by atoms with Crippen molar-refractivity contribution in [3.8, 4) is 5.75 Å². The van der Waals surface area contributed by atoms with Crippen LogP contribution in [0.15, 0.2) is 82.8 Å². The number of hydrogen-bond donors (Lipinski definition) is 1. The second-order valence-electron chi connectivity index (χ2n) is 6.90. The number of carbonyl (C=O) groups is 3. The molecule has 0 unspecified atom stereocenters. The third-order valence-electron chi connectivity index (χ3n) is 4.69. The van der Waals surface area contributed by atoms with Gasteiger partial charge in [-0.25, -0.2) is 9.69 Å². The van der Waals surface area contributed by atoms with Gasteiger partial charge in [0.05, 0.1) is 10.2 Å². The van der Waals surface area contributed by atoms with E-state index in [1.807, 2.05) is 30.3 Å². The third kappa shape index (κ3) is 4.74. The van der Waals surface area contributed by atoms with Crippen molar-refractivity contribution in [2.45, 2.75) is 6.61 Å². The largest absolute Gasteiger partial charge is 0.488 e. The molecule has 3 aromatic rings. The number of anilines is 1. The normalized spacial score (nSPS) is 15.1. The van der Waals surface area contributed by atoms with Gasteiger partial charge in [-0.3, -0.25) is 14.9 Å². The van der Waals surface area contributed by atoms with Gasteiger partial charge < -0.3 is 4.74 Å². The third-order valence-corrected chi connectivity index (χ3v) is 5.56. The Morgan fingerprint density at radius 2 is 1.69 bits per heavy atom. The van der Waals surface area contributed by atoms with Gasteiger partial charge in [0, 0.05) is 5.02 Å². The summed E-state index contributed by atoms with van der Waals surface area (Å²) >= 11 is 9.35. The quantitative estimate of drug-likeness (QED) is 0.370. The van der Waals surface area contributed by atoms with Crippen LogP contribution in [0.5, 0.6) is 5.75 Å². The van der Waals surface area contributed by atoms with Gasteiger partial charge in [0.2, 0.25) is 0 Å². The molecule has 32 heavy (non-hydrogen) atoms. The number of barbiturate groups is 1. The summed E-state index contributed by atoms with van der Waals surface area (Å²) in [6, 6.07) is 20.3. The van der Waals surface area contributed by atoms with E-state index in [4.69, 9.17) is 16.3 Å². The Bertz CT molecular complexity index is 1230. The van der Waals surface area contributed by atoms with E-state index in [1.54, 1.807) is 30.3 Å². The van der Waals surface area contributed by atoms with Crippen molar-refractivity contribution in [3.05, 3.63) is 99.0 Å². The van der Waals surface area contributed by atoms with E-state index < -0.39 is 17.8 Å². The highest BCUT2D eigenvalue weighted by molar-refractivity contribution is 9.10. The van der Waals surface area contributed by atoms with E-state index >= 15 is 0 Å². The van der Waals surface area contributed by atoms with Gasteiger partial charge in [-0.2, -0.15) is 0 Å². The number of halogens is 2. The molecule has 1 saturated heterocycles. The van der Waals surface area contributed by atoms with Gasteiger partial charge in [0.15, 0.2) is 0 Å². The molecule has 0 bridgehead atoms. The van der Waals surface area contributed by atoms with Crippen LogP contribution in [0.1, 0.15) is 11.1 Å². The van der Waals surface area contributed by atoms with Gasteiger partial charge in [0.1, 0.15) is 17.9 Å². The number of benzene rings is 3. The van der Waals surface area contributed by atoms with Crippen LogP contribution in [-0.4, -0.2) is 17.8 Å². The minimum Gasteiger partial charge on any atom is -0.488 e. The van der Waals surface area contributed by atoms with E-state index in [2.05, 4.69) is 21.2 Å². The van der Waals surface area contributed by atoms with Crippen molar-refractivity contribution in [3.63, 3.8) is 0 Å². The van der Waals surface area contributed by atoms with E-state index in [0.29, 0.717) is 33.1 Å². The van der Waals surface area contributed by atoms with Gasteiger partial charge in [0.25, 0.3) is 11.8 Å². The molecule has 0 aromatic heterocycles. The first-order chi connectivity index (χ1) is 15.4. The van der Waals surface area contributed by atoms with Crippen LogP contribution in [0, 0.1) is 0 Å². The van der Waals surface area contributed by atoms with Crippen LogP contribution < -0.4 is 15.0 Å². The fourth-order valence-electron chi connectivity index (χ4n) is 3.11. The van der Waals surface area contributed by atoms with Crippen molar-refractivity contribution in [2.24, 2.45) is 0 Å². The van der Waals surface area contributed by atoms with E-state index in [9.17, 15) is 14.4 Å². The van der Waals surface area contributed by atoms with Crippen LogP contribution in [0.2, 0.25) is 5.02 Å². The topological polar surface area (TPSA) is 75.7 Å². The predicted octanol–water partition coefficient (Wildman–Crippen LogP) is 5.35. The van der Waals surface area contributed by atoms with Crippen LogP contribution >= 0.6 is 27.5 Å². The maximum atomic E-state index is 13.0. The van der Waals surface area contributed by atoms with Gasteiger partial charge >= 0.3 is 6.03 Å². The highest BCUT2D eigenvalue weighted by Crippen LogP contribution is 2.29. The van der Waals surface area contributed by atoms with Crippen LogP contribution in [0.25, 0.3) is 6.08 Å². The Balaban J connectivity index is 1.57. The number of rotatable bonds is 5. The number of carbonyl (C=O) groups excluding carboxylic acids is 3. The molecular formula is C24H16BrClN2O4. The molecule has 8 heteroatoms. The summed E-state index contributed by atoms with van der Waals surface area (Å²) in [6.45, 7) is 0.402. The van der Waals surface area contributed by atoms with Gasteiger partial charge in [-0.1, -0.05) is 48.0 Å². The zero-order valence-electron chi connectivity index (χ0n) is 16.5. The fraction of sp³-hybridized carbons (Fsp3) is 0.0417. The van der Waals surface area contributed by atoms with Crippen LogP contribution in [0.4, 0.5) is 10.5 Å². The fourth-order valence-corrected chi connectivity index (χ4v) is 3.74. The number of nitrogens with zero attached hydrogens (tertiary/aromatic N) is 1. The zero-order chi connectivity index (χ0) is 22.7. The molecule has 6 nitrogen and oxygen atoms in total. The summed E-state index contributed by atoms with van der Waals surface area (Å²) in [6.07, 6.45) is 1.43. The molecule has 3 aromatic carbocycles. The minimum absolute atomic E-state index is 0.163.